The highest BCUT2D eigenvalue weighted by Crippen LogP contribution is 2.32. The topological polar surface area (TPSA) is 43.4 Å². The van der Waals surface area contributed by atoms with Gasteiger partial charge in [0.1, 0.15) is 11.6 Å². The van der Waals surface area contributed by atoms with Crippen LogP contribution in [0.5, 0.6) is 11.5 Å². The molecule has 3 nitrogen and oxygen atoms in total. The molecule has 0 radical (unpaired) electrons. The summed E-state index contributed by atoms with van der Waals surface area (Å²) in [5.74, 6) is -1.21. The van der Waals surface area contributed by atoms with E-state index in [9.17, 15) is 17.2 Å². The van der Waals surface area contributed by atoms with Crippen LogP contribution in [0.1, 0.15) is 26.3 Å². The first kappa shape index (κ1) is 17.4. The summed E-state index contributed by atoms with van der Waals surface area (Å²) in [5, 5.41) is 0. The molecule has 0 saturated carbocycles. The standard InChI is InChI=1S/C17H18F2O3S/c1-4-23(20,21)17(2,3)12-5-8-14(9-6-12)22-16-10-7-13(18)11-15(16)19/h5-11H,4H2,1-3H3. The van der Waals surface area contributed by atoms with E-state index in [1.807, 2.05) is 0 Å². The molecule has 0 bridgehead atoms. The Labute approximate surface area is 134 Å². The highest BCUT2D eigenvalue weighted by molar-refractivity contribution is 7.92. The number of hydrogen-bond acceptors (Lipinski definition) is 3. The summed E-state index contributed by atoms with van der Waals surface area (Å²) in [7, 11) is -3.28. The van der Waals surface area contributed by atoms with Gasteiger partial charge in [-0.3, -0.25) is 0 Å². The Morgan fingerprint density at radius 3 is 2.17 bits per heavy atom. The monoisotopic (exact) mass is 340 g/mol. The van der Waals surface area contributed by atoms with Gasteiger partial charge >= 0.3 is 0 Å². The minimum absolute atomic E-state index is 0.0407. The van der Waals surface area contributed by atoms with Gasteiger partial charge in [0.05, 0.1) is 4.75 Å². The summed E-state index contributed by atoms with van der Waals surface area (Å²) >= 11 is 0. The zero-order valence-corrected chi connectivity index (χ0v) is 14.0. The van der Waals surface area contributed by atoms with E-state index in [1.54, 1.807) is 45.0 Å². The summed E-state index contributed by atoms with van der Waals surface area (Å²) in [6.07, 6.45) is 0. The van der Waals surface area contributed by atoms with Gasteiger partial charge in [-0.05, 0) is 43.7 Å². The van der Waals surface area contributed by atoms with Gasteiger partial charge in [-0.25, -0.2) is 17.2 Å². The van der Waals surface area contributed by atoms with Crippen molar-refractivity contribution in [2.75, 3.05) is 5.75 Å². The molecule has 0 atom stereocenters. The molecule has 6 heteroatoms. The SMILES string of the molecule is CCS(=O)(=O)C(C)(C)c1ccc(Oc2ccc(F)cc2F)cc1. The molecule has 0 spiro atoms. The number of rotatable bonds is 5. The molecule has 2 aromatic rings. The lowest BCUT2D eigenvalue weighted by Crippen LogP contribution is -2.30. The van der Waals surface area contributed by atoms with Crippen LogP contribution < -0.4 is 4.74 Å². The van der Waals surface area contributed by atoms with Gasteiger partial charge in [0, 0.05) is 11.8 Å². The van der Waals surface area contributed by atoms with Crippen LogP contribution in [0.25, 0.3) is 0 Å². The van der Waals surface area contributed by atoms with Crippen molar-refractivity contribution in [1.82, 2.24) is 0 Å². The Kier molecular flexibility index (Phi) is 4.75. The molecular formula is C17H18F2O3S. The van der Waals surface area contributed by atoms with Gasteiger partial charge in [-0.15, -0.1) is 0 Å². The van der Waals surface area contributed by atoms with E-state index in [0.717, 1.165) is 12.1 Å². The fourth-order valence-corrected chi connectivity index (χ4v) is 3.37. The quantitative estimate of drug-likeness (QED) is 0.809. The molecule has 2 rings (SSSR count). The zero-order valence-electron chi connectivity index (χ0n) is 13.1. The Bertz CT molecular complexity index is 797. The lowest BCUT2D eigenvalue weighted by molar-refractivity contribution is 0.437. The Morgan fingerprint density at radius 2 is 1.65 bits per heavy atom. The van der Waals surface area contributed by atoms with Crippen LogP contribution >= 0.6 is 0 Å². The van der Waals surface area contributed by atoms with E-state index >= 15 is 0 Å². The van der Waals surface area contributed by atoms with Crippen LogP contribution in [0.3, 0.4) is 0 Å². The predicted octanol–water partition coefficient (Wildman–Crippen LogP) is 4.43. The Morgan fingerprint density at radius 1 is 1.04 bits per heavy atom. The van der Waals surface area contributed by atoms with Crippen molar-refractivity contribution in [3.05, 3.63) is 59.7 Å². The third-order valence-electron chi connectivity index (χ3n) is 3.83. The Balaban J connectivity index is 2.26. The fraction of sp³-hybridized carbons (Fsp3) is 0.294. The first-order valence-electron chi connectivity index (χ1n) is 7.13. The molecular weight excluding hydrogens is 322 g/mol. The number of sulfone groups is 1. The lowest BCUT2D eigenvalue weighted by Gasteiger charge is -2.24. The molecule has 2 aromatic carbocycles. The van der Waals surface area contributed by atoms with Gasteiger partial charge in [0.15, 0.2) is 21.4 Å². The van der Waals surface area contributed by atoms with Crippen molar-refractivity contribution < 1.29 is 21.9 Å². The molecule has 0 N–H and O–H groups in total. The molecule has 0 aliphatic carbocycles. The highest BCUT2D eigenvalue weighted by atomic mass is 32.2. The van der Waals surface area contributed by atoms with Crippen LogP contribution in [-0.2, 0) is 14.6 Å². The van der Waals surface area contributed by atoms with E-state index in [2.05, 4.69) is 0 Å². The number of benzene rings is 2. The molecule has 0 unspecified atom stereocenters. The van der Waals surface area contributed by atoms with Gasteiger partial charge in [0.25, 0.3) is 0 Å². The predicted molar refractivity (Wildman–Crippen MR) is 85.4 cm³/mol. The second-order valence-corrected chi connectivity index (χ2v) is 8.44. The molecule has 0 aromatic heterocycles. The van der Waals surface area contributed by atoms with Crippen LogP contribution in [0.4, 0.5) is 8.78 Å². The second-order valence-electron chi connectivity index (χ2n) is 5.61. The first-order chi connectivity index (χ1) is 10.7. The van der Waals surface area contributed by atoms with Crippen LogP contribution in [0.15, 0.2) is 42.5 Å². The Hall–Kier alpha value is -1.95. The third kappa shape index (κ3) is 3.52. The maximum atomic E-state index is 13.6. The number of ether oxygens (including phenoxy) is 1. The van der Waals surface area contributed by atoms with Crippen molar-refractivity contribution in [2.45, 2.75) is 25.5 Å². The van der Waals surface area contributed by atoms with Crippen molar-refractivity contribution in [3.8, 4) is 11.5 Å². The lowest BCUT2D eigenvalue weighted by atomic mass is 10.0. The molecule has 0 amide bonds. The first-order valence-corrected chi connectivity index (χ1v) is 8.78. The summed E-state index contributed by atoms with van der Waals surface area (Å²) in [5.41, 5.74) is 0.617. The molecule has 23 heavy (non-hydrogen) atoms. The van der Waals surface area contributed by atoms with Crippen LogP contribution in [-0.4, -0.2) is 14.2 Å². The van der Waals surface area contributed by atoms with Crippen molar-refractivity contribution in [1.29, 1.82) is 0 Å². The third-order valence-corrected chi connectivity index (χ3v) is 6.38. The minimum atomic E-state index is -3.28. The zero-order chi connectivity index (χ0) is 17.3. The largest absolute Gasteiger partial charge is 0.454 e. The number of halogens is 2. The highest BCUT2D eigenvalue weighted by Gasteiger charge is 2.34. The maximum Gasteiger partial charge on any atom is 0.168 e. The summed E-state index contributed by atoms with van der Waals surface area (Å²) in [6.45, 7) is 4.88. The van der Waals surface area contributed by atoms with Crippen molar-refractivity contribution in [3.63, 3.8) is 0 Å². The molecule has 0 aliphatic heterocycles. The summed E-state index contributed by atoms with van der Waals surface area (Å²) in [4.78, 5) is 0. The van der Waals surface area contributed by atoms with Gasteiger partial charge in [-0.1, -0.05) is 19.1 Å². The van der Waals surface area contributed by atoms with Gasteiger partial charge < -0.3 is 4.74 Å². The van der Waals surface area contributed by atoms with Gasteiger partial charge in [0.2, 0.25) is 0 Å². The maximum absolute atomic E-state index is 13.6. The molecule has 0 saturated heterocycles. The van der Waals surface area contributed by atoms with E-state index in [0.29, 0.717) is 11.3 Å². The van der Waals surface area contributed by atoms with Crippen LogP contribution in [0.2, 0.25) is 0 Å². The second kappa shape index (κ2) is 6.28. The molecule has 0 fully saturated rings. The average molecular weight is 340 g/mol. The molecule has 0 aliphatic rings. The summed E-state index contributed by atoms with van der Waals surface area (Å²) in [6, 6.07) is 9.42. The van der Waals surface area contributed by atoms with Crippen molar-refractivity contribution in [2.24, 2.45) is 0 Å². The van der Waals surface area contributed by atoms with E-state index in [1.165, 1.54) is 6.07 Å². The minimum Gasteiger partial charge on any atom is -0.454 e. The molecule has 0 heterocycles. The summed E-state index contributed by atoms with van der Waals surface area (Å²) < 4.78 is 55.1. The molecule has 124 valence electrons. The van der Waals surface area contributed by atoms with Crippen molar-refractivity contribution >= 4 is 9.84 Å². The van der Waals surface area contributed by atoms with E-state index in [-0.39, 0.29) is 11.5 Å². The van der Waals surface area contributed by atoms with Gasteiger partial charge in [-0.2, -0.15) is 0 Å². The van der Waals surface area contributed by atoms with Crippen LogP contribution in [0, 0.1) is 11.6 Å². The average Bonchev–Trinajstić information content (AvgIpc) is 2.50. The van der Waals surface area contributed by atoms with E-state index < -0.39 is 26.2 Å². The smallest absolute Gasteiger partial charge is 0.168 e. The van der Waals surface area contributed by atoms with E-state index in [4.69, 9.17) is 4.74 Å². The fourth-order valence-electron chi connectivity index (χ4n) is 2.15. The normalized spacial score (nSPS) is 12.2. The number of hydrogen-bond donors (Lipinski definition) is 0.